The van der Waals surface area contributed by atoms with Gasteiger partial charge < -0.3 is 0 Å². The van der Waals surface area contributed by atoms with Crippen LogP contribution in [0.15, 0.2) is 18.2 Å². The highest BCUT2D eigenvalue weighted by atomic mass is 35.5. The van der Waals surface area contributed by atoms with Crippen LogP contribution in [0.4, 0.5) is 0 Å². The van der Waals surface area contributed by atoms with Gasteiger partial charge >= 0.3 is 0 Å². The van der Waals surface area contributed by atoms with Crippen molar-refractivity contribution < 1.29 is 4.79 Å². The molecule has 1 aromatic carbocycles. The predicted octanol–water partition coefficient (Wildman–Crippen LogP) is 2.40. The van der Waals surface area contributed by atoms with E-state index in [9.17, 15) is 4.79 Å². The van der Waals surface area contributed by atoms with E-state index in [1.165, 1.54) is 0 Å². The lowest BCUT2D eigenvalue weighted by atomic mass is 10.2. The van der Waals surface area contributed by atoms with Crippen LogP contribution in [-0.2, 0) is 0 Å². The second-order valence-corrected chi connectivity index (χ2v) is 3.37. The van der Waals surface area contributed by atoms with Crippen LogP contribution in [0.25, 0.3) is 10.9 Å². The second kappa shape index (κ2) is 3.35. The van der Waals surface area contributed by atoms with Gasteiger partial charge in [-0.3, -0.25) is 4.79 Å². The van der Waals surface area contributed by atoms with Crippen LogP contribution in [0.5, 0.6) is 0 Å². The molecule has 0 saturated heterocycles. The molecule has 3 nitrogen and oxygen atoms in total. The molecule has 0 atom stereocenters. The van der Waals surface area contributed by atoms with Gasteiger partial charge in [-0.1, -0.05) is 11.6 Å². The van der Waals surface area contributed by atoms with Gasteiger partial charge in [0.1, 0.15) is 11.5 Å². The van der Waals surface area contributed by atoms with E-state index < -0.39 is 0 Å². The molecule has 0 aliphatic heterocycles. The van der Waals surface area contributed by atoms with Crippen molar-refractivity contribution in [3.8, 4) is 0 Å². The molecule has 0 aliphatic carbocycles. The average molecular weight is 207 g/mol. The van der Waals surface area contributed by atoms with Crippen LogP contribution in [0.2, 0.25) is 5.02 Å². The van der Waals surface area contributed by atoms with Gasteiger partial charge in [-0.15, -0.1) is 0 Å². The monoisotopic (exact) mass is 206 g/mol. The van der Waals surface area contributed by atoms with E-state index in [-0.39, 0.29) is 0 Å². The highest BCUT2D eigenvalue weighted by Crippen LogP contribution is 2.19. The smallest absolute Gasteiger partial charge is 0.169 e. The summed E-state index contributed by atoms with van der Waals surface area (Å²) in [6.45, 7) is 1.75. The first kappa shape index (κ1) is 9.09. The standard InChI is InChI=1S/C10H7ClN2O/c1-6-12-9-3-2-7(11)4-8(9)10(5-14)13-6/h2-5H,1H3. The van der Waals surface area contributed by atoms with Gasteiger partial charge in [0.15, 0.2) is 6.29 Å². The fraction of sp³-hybridized carbons (Fsp3) is 0.100. The van der Waals surface area contributed by atoms with Crippen molar-refractivity contribution in [3.63, 3.8) is 0 Å². The zero-order chi connectivity index (χ0) is 10.1. The molecule has 70 valence electrons. The molecule has 2 aromatic rings. The Morgan fingerprint density at radius 1 is 1.36 bits per heavy atom. The fourth-order valence-corrected chi connectivity index (χ4v) is 1.51. The van der Waals surface area contributed by atoms with Crippen LogP contribution in [0.1, 0.15) is 16.3 Å². The Bertz CT molecular complexity index is 511. The van der Waals surface area contributed by atoms with Gasteiger partial charge in [0, 0.05) is 10.4 Å². The van der Waals surface area contributed by atoms with Gasteiger partial charge in [0.05, 0.1) is 5.52 Å². The largest absolute Gasteiger partial charge is 0.296 e. The van der Waals surface area contributed by atoms with Gasteiger partial charge in [0.2, 0.25) is 0 Å². The Hall–Kier alpha value is -1.48. The minimum absolute atomic E-state index is 0.384. The maximum atomic E-state index is 10.8. The van der Waals surface area contributed by atoms with E-state index in [1.807, 2.05) is 0 Å². The first-order chi connectivity index (χ1) is 6.70. The first-order valence-electron chi connectivity index (χ1n) is 4.10. The summed E-state index contributed by atoms with van der Waals surface area (Å²) in [7, 11) is 0. The van der Waals surface area contributed by atoms with Crippen molar-refractivity contribution in [1.82, 2.24) is 9.97 Å². The molecule has 0 saturated carbocycles. The van der Waals surface area contributed by atoms with Crippen molar-refractivity contribution in [3.05, 3.63) is 34.7 Å². The highest BCUT2D eigenvalue weighted by Gasteiger charge is 2.04. The van der Waals surface area contributed by atoms with Crippen LogP contribution in [0, 0.1) is 6.92 Å². The minimum Gasteiger partial charge on any atom is -0.296 e. The number of benzene rings is 1. The number of fused-ring (bicyclic) bond motifs is 1. The number of carbonyl (C=O) groups excluding carboxylic acids is 1. The molecule has 0 N–H and O–H groups in total. The predicted molar refractivity (Wildman–Crippen MR) is 54.7 cm³/mol. The maximum absolute atomic E-state index is 10.8. The molecule has 0 unspecified atom stereocenters. The number of aryl methyl sites for hydroxylation is 1. The van der Waals surface area contributed by atoms with E-state index in [2.05, 4.69) is 9.97 Å². The zero-order valence-corrected chi connectivity index (χ0v) is 8.25. The Morgan fingerprint density at radius 3 is 2.86 bits per heavy atom. The van der Waals surface area contributed by atoms with Gasteiger partial charge in [0.25, 0.3) is 0 Å². The molecule has 0 spiro atoms. The topological polar surface area (TPSA) is 42.9 Å². The molecule has 0 aliphatic rings. The first-order valence-corrected chi connectivity index (χ1v) is 4.47. The van der Waals surface area contributed by atoms with E-state index in [0.717, 1.165) is 5.52 Å². The Morgan fingerprint density at radius 2 is 2.14 bits per heavy atom. The molecule has 0 fully saturated rings. The molecule has 0 bridgehead atoms. The Kier molecular flexibility index (Phi) is 2.17. The van der Waals surface area contributed by atoms with E-state index >= 15 is 0 Å². The molecule has 14 heavy (non-hydrogen) atoms. The lowest BCUT2D eigenvalue weighted by molar-refractivity contribution is 0.112. The van der Waals surface area contributed by atoms with Crippen molar-refractivity contribution in [2.45, 2.75) is 6.92 Å². The number of hydrogen-bond donors (Lipinski definition) is 0. The lowest BCUT2D eigenvalue weighted by Gasteiger charge is -2.01. The molecular weight excluding hydrogens is 200 g/mol. The number of aromatic nitrogens is 2. The maximum Gasteiger partial charge on any atom is 0.169 e. The van der Waals surface area contributed by atoms with Crippen LogP contribution < -0.4 is 0 Å². The van der Waals surface area contributed by atoms with Crippen molar-refractivity contribution in [2.75, 3.05) is 0 Å². The summed E-state index contributed by atoms with van der Waals surface area (Å²) in [5.74, 6) is 0.585. The summed E-state index contributed by atoms with van der Waals surface area (Å²) in [4.78, 5) is 19.0. The lowest BCUT2D eigenvalue weighted by Crippen LogP contribution is -1.95. The third-order valence-corrected chi connectivity index (χ3v) is 2.15. The number of hydrogen-bond acceptors (Lipinski definition) is 3. The average Bonchev–Trinajstić information content (AvgIpc) is 2.17. The van der Waals surface area contributed by atoms with Crippen molar-refractivity contribution in [1.29, 1.82) is 0 Å². The van der Waals surface area contributed by atoms with Crippen LogP contribution >= 0.6 is 11.6 Å². The quantitative estimate of drug-likeness (QED) is 0.673. The number of nitrogens with zero attached hydrogens (tertiary/aromatic N) is 2. The van der Waals surface area contributed by atoms with Crippen LogP contribution in [-0.4, -0.2) is 16.3 Å². The molecule has 2 rings (SSSR count). The SMILES string of the molecule is Cc1nc(C=O)c2cc(Cl)ccc2n1. The Balaban J connectivity index is 2.88. The third-order valence-electron chi connectivity index (χ3n) is 1.91. The summed E-state index contributed by atoms with van der Waals surface area (Å²) in [6.07, 6.45) is 0.716. The van der Waals surface area contributed by atoms with Crippen LogP contribution in [0.3, 0.4) is 0 Å². The summed E-state index contributed by atoms with van der Waals surface area (Å²) in [5, 5.41) is 1.27. The summed E-state index contributed by atoms with van der Waals surface area (Å²) in [5.41, 5.74) is 1.12. The number of aldehydes is 1. The zero-order valence-electron chi connectivity index (χ0n) is 7.49. The van der Waals surface area contributed by atoms with E-state index in [1.54, 1.807) is 25.1 Å². The third kappa shape index (κ3) is 1.46. The number of rotatable bonds is 1. The number of carbonyl (C=O) groups is 1. The molecule has 4 heteroatoms. The second-order valence-electron chi connectivity index (χ2n) is 2.94. The summed E-state index contributed by atoms with van der Waals surface area (Å²) < 4.78 is 0. The normalized spacial score (nSPS) is 10.4. The fourth-order valence-electron chi connectivity index (χ4n) is 1.33. The van der Waals surface area contributed by atoms with Gasteiger partial charge in [-0.2, -0.15) is 0 Å². The minimum atomic E-state index is 0.384. The molecule has 1 heterocycles. The van der Waals surface area contributed by atoms with E-state index in [0.29, 0.717) is 28.2 Å². The van der Waals surface area contributed by atoms with Crippen molar-refractivity contribution in [2.24, 2.45) is 0 Å². The van der Waals surface area contributed by atoms with Gasteiger partial charge in [-0.05, 0) is 25.1 Å². The summed E-state index contributed by atoms with van der Waals surface area (Å²) in [6, 6.07) is 5.21. The molecule has 0 amide bonds. The van der Waals surface area contributed by atoms with Crippen molar-refractivity contribution >= 4 is 28.8 Å². The Labute approximate surface area is 85.7 Å². The number of halogens is 1. The highest BCUT2D eigenvalue weighted by molar-refractivity contribution is 6.31. The molecular formula is C10H7ClN2O. The van der Waals surface area contributed by atoms with Gasteiger partial charge in [-0.25, -0.2) is 9.97 Å². The molecule has 0 radical (unpaired) electrons. The molecule has 1 aromatic heterocycles. The van der Waals surface area contributed by atoms with E-state index in [4.69, 9.17) is 11.6 Å². The summed E-state index contributed by atoms with van der Waals surface area (Å²) >= 11 is 5.82.